The number of nitrogen functional groups attached to an aromatic ring is 1. The van der Waals surface area contributed by atoms with Crippen molar-refractivity contribution in [3.8, 4) is 0 Å². The van der Waals surface area contributed by atoms with Gasteiger partial charge in [0.05, 0.1) is 5.69 Å². The highest BCUT2D eigenvalue weighted by molar-refractivity contribution is 5.34. The van der Waals surface area contributed by atoms with Crippen LogP contribution in [-0.2, 0) is 6.42 Å². The summed E-state index contributed by atoms with van der Waals surface area (Å²) in [5.74, 6) is 0.546. The molecule has 3 N–H and O–H groups in total. The highest BCUT2D eigenvalue weighted by Crippen LogP contribution is 2.03. The molecule has 3 heteroatoms. The maximum absolute atomic E-state index is 11.0. The van der Waals surface area contributed by atoms with Crippen LogP contribution in [0.25, 0.3) is 0 Å². The second-order valence-electron chi connectivity index (χ2n) is 3.37. The average Bonchev–Trinajstić information content (AvgIpc) is 1.96. The summed E-state index contributed by atoms with van der Waals surface area (Å²) in [6, 6.07) is 3.51. The monoisotopic (exact) mass is 166 g/mol. The lowest BCUT2D eigenvalue weighted by Gasteiger charge is -2.03. The van der Waals surface area contributed by atoms with Crippen molar-refractivity contribution in [3.63, 3.8) is 0 Å². The van der Waals surface area contributed by atoms with Gasteiger partial charge in [-0.15, -0.1) is 0 Å². The molecule has 0 atom stereocenters. The molecular weight excluding hydrogens is 152 g/mol. The van der Waals surface area contributed by atoms with Crippen LogP contribution in [0.5, 0.6) is 0 Å². The first-order chi connectivity index (χ1) is 5.59. The van der Waals surface area contributed by atoms with E-state index in [2.05, 4.69) is 18.8 Å². The Balaban J connectivity index is 2.90. The molecule has 0 aliphatic heterocycles. The van der Waals surface area contributed by atoms with Gasteiger partial charge in [0.15, 0.2) is 0 Å². The van der Waals surface area contributed by atoms with E-state index in [1.807, 2.05) is 6.07 Å². The molecule has 0 aromatic carbocycles. The van der Waals surface area contributed by atoms with Gasteiger partial charge >= 0.3 is 0 Å². The Hall–Kier alpha value is -1.25. The molecule has 0 aliphatic carbocycles. The number of hydrogen-bond donors (Lipinski definition) is 2. The summed E-state index contributed by atoms with van der Waals surface area (Å²) in [5.41, 5.74) is 6.42. The fourth-order valence-electron chi connectivity index (χ4n) is 1.08. The summed E-state index contributed by atoms with van der Waals surface area (Å²) < 4.78 is 0. The number of anilines is 1. The zero-order valence-electron chi connectivity index (χ0n) is 7.42. The van der Waals surface area contributed by atoms with Crippen LogP contribution in [0.3, 0.4) is 0 Å². The van der Waals surface area contributed by atoms with Gasteiger partial charge < -0.3 is 10.7 Å². The quantitative estimate of drug-likeness (QED) is 0.692. The van der Waals surface area contributed by atoms with Crippen molar-refractivity contribution in [2.24, 2.45) is 5.92 Å². The standard InChI is InChI=1S/C9H14N2O/c1-6(2)5-7-3-4-8(10)9(12)11-7/h3-4,6H,5,10H2,1-2H3,(H,11,12). The molecule has 66 valence electrons. The lowest BCUT2D eigenvalue weighted by Crippen LogP contribution is -2.14. The van der Waals surface area contributed by atoms with Gasteiger partial charge in [-0.3, -0.25) is 4.79 Å². The summed E-state index contributed by atoms with van der Waals surface area (Å²) in [6.45, 7) is 4.21. The topological polar surface area (TPSA) is 58.9 Å². The largest absolute Gasteiger partial charge is 0.394 e. The summed E-state index contributed by atoms with van der Waals surface area (Å²) in [4.78, 5) is 13.8. The van der Waals surface area contributed by atoms with Crippen molar-refractivity contribution in [2.45, 2.75) is 20.3 Å². The first-order valence-corrected chi connectivity index (χ1v) is 4.07. The van der Waals surface area contributed by atoms with Gasteiger partial charge in [0.2, 0.25) is 0 Å². The predicted octanol–water partition coefficient (Wildman–Crippen LogP) is 1.16. The van der Waals surface area contributed by atoms with Gasteiger partial charge in [-0.05, 0) is 24.5 Å². The van der Waals surface area contributed by atoms with E-state index in [-0.39, 0.29) is 11.2 Å². The maximum atomic E-state index is 11.0. The number of H-pyrrole nitrogens is 1. The van der Waals surface area contributed by atoms with Crippen LogP contribution < -0.4 is 11.3 Å². The Morgan fingerprint density at radius 1 is 1.50 bits per heavy atom. The van der Waals surface area contributed by atoms with E-state index in [0.717, 1.165) is 12.1 Å². The molecule has 1 rings (SSSR count). The van der Waals surface area contributed by atoms with Crippen molar-refractivity contribution < 1.29 is 0 Å². The molecule has 0 saturated carbocycles. The van der Waals surface area contributed by atoms with Gasteiger partial charge in [-0.1, -0.05) is 13.8 Å². The molecule has 0 saturated heterocycles. The van der Waals surface area contributed by atoms with E-state index < -0.39 is 0 Å². The van der Waals surface area contributed by atoms with Crippen molar-refractivity contribution in [3.05, 3.63) is 28.2 Å². The summed E-state index contributed by atoms with van der Waals surface area (Å²) in [6.07, 6.45) is 0.884. The van der Waals surface area contributed by atoms with Gasteiger partial charge in [0.25, 0.3) is 5.56 Å². The lowest BCUT2D eigenvalue weighted by atomic mass is 10.1. The molecular formula is C9H14N2O. The van der Waals surface area contributed by atoms with Gasteiger partial charge in [0, 0.05) is 5.69 Å². The molecule has 0 aliphatic rings. The smallest absolute Gasteiger partial charge is 0.271 e. The third-order valence-corrected chi connectivity index (χ3v) is 1.63. The third-order valence-electron chi connectivity index (χ3n) is 1.63. The van der Waals surface area contributed by atoms with Crippen LogP contribution in [0, 0.1) is 5.92 Å². The minimum absolute atomic E-state index is 0.187. The van der Waals surface area contributed by atoms with E-state index >= 15 is 0 Å². The number of nitrogens with one attached hydrogen (secondary N) is 1. The molecule has 0 amide bonds. The predicted molar refractivity (Wildman–Crippen MR) is 50.0 cm³/mol. The molecule has 0 spiro atoms. The molecule has 3 nitrogen and oxygen atoms in total. The van der Waals surface area contributed by atoms with Gasteiger partial charge in [-0.25, -0.2) is 0 Å². The number of hydrogen-bond acceptors (Lipinski definition) is 2. The molecule has 0 radical (unpaired) electrons. The lowest BCUT2D eigenvalue weighted by molar-refractivity contribution is 0.634. The summed E-state index contributed by atoms with van der Waals surface area (Å²) in [5, 5.41) is 0. The van der Waals surface area contributed by atoms with E-state index in [1.165, 1.54) is 0 Å². The van der Waals surface area contributed by atoms with Crippen LogP contribution in [0.1, 0.15) is 19.5 Å². The second-order valence-corrected chi connectivity index (χ2v) is 3.37. The SMILES string of the molecule is CC(C)Cc1ccc(N)c(=O)[nH]1. The minimum Gasteiger partial charge on any atom is -0.394 e. The Labute approximate surface area is 71.6 Å². The molecule has 12 heavy (non-hydrogen) atoms. The van der Waals surface area contributed by atoms with Crippen molar-refractivity contribution >= 4 is 5.69 Å². The van der Waals surface area contributed by atoms with E-state index in [9.17, 15) is 4.79 Å². The number of pyridine rings is 1. The maximum Gasteiger partial charge on any atom is 0.271 e. The minimum atomic E-state index is -0.187. The third kappa shape index (κ3) is 2.12. The van der Waals surface area contributed by atoms with Crippen LogP contribution in [0.2, 0.25) is 0 Å². The molecule has 1 aromatic rings. The Morgan fingerprint density at radius 2 is 2.17 bits per heavy atom. The Kier molecular flexibility index (Phi) is 2.53. The summed E-state index contributed by atoms with van der Waals surface area (Å²) >= 11 is 0. The number of rotatable bonds is 2. The number of aromatic amines is 1. The molecule has 1 heterocycles. The Bertz CT molecular complexity index is 315. The van der Waals surface area contributed by atoms with Crippen molar-refractivity contribution in [1.82, 2.24) is 4.98 Å². The first-order valence-electron chi connectivity index (χ1n) is 4.07. The molecule has 0 bridgehead atoms. The van der Waals surface area contributed by atoms with E-state index in [4.69, 9.17) is 5.73 Å². The van der Waals surface area contributed by atoms with E-state index in [1.54, 1.807) is 6.07 Å². The zero-order chi connectivity index (χ0) is 9.14. The Morgan fingerprint density at radius 3 is 2.67 bits per heavy atom. The van der Waals surface area contributed by atoms with Crippen LogP contribution in [0.15, 0.2) is 16.9 Å². The molecule has 0 fully saturated rings. The zero-order valence-corrected chi connectivity index (χ0v) is 7.42. The summed E-state index contributed by atoms with van der Waals surface area (Å²) in [7, 11) is 0. The number of aromatic nitrogens is 1. The fraction of sp³-hybridized carbons (Fsp3) is 0.444. The van der Waals surface area contributed by atoms with Crippen LogP contribution in [0.4, 0.5) is 5.69 Å². The number of nitrogens with two attached hydrogens (primary N) is 1. The second kappa shape index (κ2) is 3.43. The highest BCUT2D eigenvalue weighted by Gasteiger charge is 1.99. The molecule has 0 unspecified atom stereocenters. The molecule has 1 aromatic heterocycles. The van der Waals surface area contributed by atoms with Gasteiger partial charge in [-0.2, -0.15) is 0 Å². The van der Waals surface area contributed by atoms with Gasteiger partial charge in [0.1, 0.15) is 0 Å². The van der Waals surface area contributed by atoms with E-state index in [0.29, 0.717) is 5.92 Å². The highest BCUT2D eigenvalue weighted by atomic mass is 16.1. The fourth-order valence-corrected chi connectivity index (χ4v) is 1.08. The van der Waals surface area contributed by atoms with Crippen LogP contribution >= 0.6 is 0 Å². The van der Waals surface area contributed by atoms with Crippen molar-refractivity contribution in [1.29, 1.82) is 0 Å². The van der Waals surface area contributed by atoms with Crippen molar-refractivity contribution in [2.75, 3.05) is 5.73 Å². The average molecular weight is 166 g/mol. The normalized spacial score (nSPS) is 10.6. The van der Waals surface area contributed by atoms with Crippen LogP contribution in [-0.4, -0.2) is 4.98 Å². The first kappa shape index (κ1) is 8.84.